The van der Waals surface area contributed by atoms with Gasteiger partial charge in [-0.25, -0.2) is 0 Å². The lowest BCUT2D eigenvalue weighted by atomic mass is 10.2. The molecule has 0 saturated heterocycles. The van der Waals surface area contributed by atoms with Crippen molar-refractivity contribution in [2.75, 3.05) is 26.7 Å². The van der Waals surface area contributed by atoms with E-state index < -0.39 is 6.10 Å². The summed E-state index contributed by atoms with van der Waals surface area (Å²) in [5, 5.41) is 19.0. The van der Waals surface area contributed by atoms with Crippen LogP contribution >= 0.6 is 0 Å². The molecule has 0 aliphatic heterocycles. The van der Waals surface area contributed by atoms with Crippen LogP contribution in [0.3, 0.4) is 0 Å². The minimum atomic E-state index is -0.541. The van der Waals surface area contributed by atoms with Gasteiger partial charge in [-0.1, -0.05) is 19.1 Å². The minimum Gasteiger partial charge on any atom is -0.489 e. The highest BCUT2D eigenvalue weighted by atomic mass is 16.5. The van der Waals surface area contributed by atoms with Crippen LogP contribution in [0, 0.1) is 23.2 Å². The molecule has 4 heteroatoms. The van der Waals surface area contributed by atoms with Crippen LogP contribution in [-0.2, 0) is 0 Å². The number of hydrogen-bond acceptors (Lipinski definition) is 4. The third-order valence-electron chi connectivity index (χ3n) is 3.78. The molecule has 0 spiro atoms. The Morgan fingerprint density at radius 1 is 1.50 bits per heavy atom. The van der Waals surface area contributed by atoms with Gasteiger partial charge >= 0.3 is 0 Å². The van der Waals surface area contributed by atoms with Crippen LogP contribution in [0.25, 0.3) is 0 Å². The highest BCUT2D eigenvalue weighted by molar-refractivity contribution is 5.42. The molecule has 1 N–H and O–H groups in total. The number of benzene rings is 1. The van der Waals surface area contributed by atoms with Crippen molar-refractivity contribution in [2.45, 2.75) is 19.4 Å². The Morgan fingerprint density at radius 3 is 2.85 bits per heavy atom. The summed E-state index contributed by atoms with van der Waals surface area (Å²) >= 11 is 0. The zero-order chi connectivity index (χ0) is 14.5. The smallest absolute Gasteiger partial charge is 0.137 e. The van der Waals surface area contributed by atoms with E-state index in [2.05, 4.69) is 17.9 Å². The second-order valence-corrected chi connectivity index (χ2v) is 5.77. The van der Waals surface area contributed by atoms with Gasteiger partial charge in [0.25, 0.3) is 0 Å². The lowest BCUT2D eigenvalue weighted by molar-refractivity contribution is 0.0746. The van der Waals surface area contributed by atoms with E-state index in [-0.39, 0.29) is 6.61 Å². The van der Waals surface area contributed by atoms with Gasteiger partial charge in [-0.3, -0.25) is 0 Å². The second-order valence-electron chi connectivity index (χ2n) is 5.77. The molecule has 2 rings (SSSR count). The molecule has 3 unspecified atom stereocenters. The molecule has 20 heavy (non-hydrogen) atoms. The molecule has 0 amide bonds. The van der Waals surface area contributed by atoms with Crippen molar-refractivity contribution >= 4 is 0 Å². The summed E-state index contributed by atoms with van der Waals surface area (Å²) in [4.78, 5) is 2.15. The molecule has 1 fully saturated rings. The Kier molecular flexibility index (Phi) is 4.99. The topological polar surface area (TPSA) is 56.5 Å². The number of nitrogens with zero attached hydrogens (tertiary/aromatic N) is 2. The Morgan fingerprint density at radius 2 is 2.20 bits per heavy atom. The number of rotatable bonds is 7. The Bertz CT molecular complexity index is 484. The third-order valence-corrected chi connectivity index (χ3v) is 3.78. The molecular formula is C16H22N2O2. The highest BCUT2D eigenvalue weighted by Crippen LogP contribution is 2.37. The number of hydrogen-bond donors (Lipinski definition) is 1. The van der Waals surface area contributed by atoms with E-state index >= 15 is 0 Å². The predicted molar refractivity (Wildman–Crippen MR) is 77.4 cm³/mol. The van der Waals surface area contributed by atoms with E-state index in [1.54, 1.807) is 18.2 Å². The van der Waals surface area contributed by atoms with E-state index in [4.69, 9.17) is 10.00 Å². The maximum atomic E-state index is 9.99. The quantitative estimate of drug-likeness (QED) is 0.825. The van der Waals surface area contributed by atoms with Crippen LogP contribution in [0.5, 0.6) is 5.75 Å². The monoisotopic (exact) mass is 274 g/mol. The molecular weight excluding hydrogens is 252 g/mol. The van der Waals surface area contributed by atoms with Gasteiger partial charge in [0.2, 0.25) is 0 Å². The van der Waals surface area contributed by atoms with Gasteiger partial charge < -0.3 is 14.7 Å². The van der Waals surface area contributed by atoms with E-state index in [0.717, 1.165) is 18.4 Å². The van der Waals surface area contributed by atoms with Crippen LogP contribution < -0.4 is 4.74 Å². The molecule has 1 aliphatic carbocycles. The van der Waals surface area contributed by atoms with Crippen LogP contribution in [-0.4, -0.2) is 42.9 Å². The average Bonchev–Trinajstić information content (AvgIpc) is 3.11. The second kappa shape index (κ2) is 6.74. The third kappa shape index (κ3) is 4.22. The van der Waals surface area contributed by atoms with Gasteiger partial charge in [0.15, 0.2) is 0 Å². The predicted octanol–water partition coefficient (Wildman–Crippen LogP) is 1.89. The van der Waals surface area contributed by atoms with Crippen molar-refractivity contribution < 1.29 is 9.84 Å². The first kappa shape index (κ1) is 14.8. The number of para-hydroxylation sites is 1. The van der Waals surface area contributed by atoms with Crippen molar-refractivity contribution in [2.24, 2.45) is 11.8 Å². The van der Waals surface area contributed by atoms with Crippen molar-refractivity contribution in [3.05, 3.63) is 29.8 Å². The normalized spacial score (nSPS) is 22.4. The van der Waals surface area contributed by atoms with Crippen molar-refractivity contribution in [3.63, 3.8) is 0 Å². The van der Waals surface area contributed by atoms with Crippen LogP contribution in [0.4, 0.5) is 0 Å². The maximum Gasteiger partial charge on any atom is 0.137 e. The molecule has 3 atom stereocenters. The summed E-state index contributed by atoms with van der Waals surface area (Å²) in [5.41, 5.74) is 0.500. The fraction of sp³-hybridized carbons (Fsp3) is 0.562. The van der Waals surface area contributed by atoms with Gasteiger partial charge in [-0.2, -0.15) is 5.26 Å². The molecule has 1 saturated carbocycles. The van der Waals surface area contributed by atoms with Gasteiger partial charge in [0.05, 0.1) is 5.56 Å². The molecule has 0 aromatic heterocycles. The molecule has 1 aliphatic rings. The van der Waals surface area contributed by atoms with Crippen molar-refractivity contribution in [1.82, 2.24) is 4.90 Å². The fourth-order valence-corrected chi connectivity index (χ4v) is 2.41. The van der Waals surface area contributed by atoms with Crippen LogP contribution in [0.1, 0.15) is 18.9 Å². The van der Waals surface area contributed by atoms with Crippen molar-refractivity contribution in [1.29, 1.82) is 5.26 Å². The summed E-state index contributed by atoms with van der Waals surface area (Å²) in [6.07, 6.45) is 0.757. The molecule has 1 aromatic rings. The maximum absolute atomic E-state index is 9.99. The van der Waals surface area contributed by atoms with E-state index in [0.29, 0.717) is 17.9 Å². The Labute approximate surface area is 120 Å². The Balaban J connectivity index is 1.74. The van der Waals surface area contributed by atoms with Crippen LogP contribution in [0.2, 0.25) is 0 Å². The number of ether oxygens (including phenoxy) is 1. The zero-order valence-corrected chi connectivity index (χ0v) is 12.1. The lowest BCUT2D eigenvalue weighted by Gasteiger charge is -2.21. The lowest BCUT2D eigenvalue weighted by Crippen LogP contribution is -2.34. The first-order valence-corrected chi connectivity index (χ1v) is 7.08. The summed E-state index contributed by atoms with van der Waals surface area (Å²) in [5.74, 6) is 2.15. The van der Waals surface area contributed by atoms with Crippen LogP contribution in [0.15, 0.2) is 24.3 Å². The summed E-state index contributed by atoms with van der Waals surface area (Å²) in [7, 11) is 2.03. The zero-order valence-electron chi connectivity index (χ0n) is 12.1. The van der Waals surface area contributed by atoms with Gasteiger partial charge in [-0.15, -0.1) is 0 Å². The molecule has 0 heterocycles. The van der Waals surface area contributed by atoms with Gasteiger partial charge in [-0.05, 0) is 37.4 Å². The number of aliphatic hydroxyl groups excluding tert-OH is 1. The average molecular weight is 274 g/mol. The fourth-order valence-electron chi connectivity index (χ4n) is 2.41. The number of nitriles is 1. The minimum absolute atomic E-state index is 0.212. The van der Waals surface area contributed by atoms with Gasteiger partial charge in [0, 0.05) is 13.1 Å². The summed E-state index contributed by atoms with van der Waals surface area (Å²) < 4.78 is 5.53. The van der Waals surface area contributed by atoms with E-state index in [1.807, 2.05) is 13.1 Å². The molecule has 0 bridgehead atoms. The molecule has 4 nitrogen and oxygen atoms in total. The SMILES string of the molecule is CC1CC1CN(C)CC(O)COc1ccccc1C#N. The molecule has 0 radical (unpaired) electrons. The largest absolute Gasteiger partial charge is 0.489 e. The number of likely N-dealkylation sites (N-methyl/N-ethyl adjacent to an activating group) is 1. The molecule has 108 valence electrons. The molecule has 1 aromatic carbocycles. The summed E-state index contributed by atoms with van der Waals surface area (Å²) in [6.45, 7) is 4.10. The number of aliphatic hydroxyl groups is 1. The standard InChI is InChI=1S/C16H22N2O2/c1-12-7-14(12)9-18(2)10-15(19)11-20-16-6-4-3-5-13(16)8-17/h3-6,12,14-15,19H,7,9-11H2,1-2H3. The highest BCUT2D eigenvalue weighted by Gasteiger charge is 2.33. The first-order valence-electron chi connectivity index (χ1n) is 7.08. The van der Waals surface area contributed by atoms with E-state index in [9.17, 15) is 5.11 Å². The Hall–Kier alpha value is -1.57. The summed E-state index contributed by atoms with van der Waals surface area (Å²) in [6, 6.07) is 9.16. The van der Waals surface area contributed by atoms with E-state index in [1.165, 1.54) is 6.42 Å². The van der Waals surface area contributed by atoms with Crippen molar-refractivity contribution in [3.8, 4) is 11.8 Å². The van der Waals surface area contributed by atoms with Gasteiger partial charge in [0.1, 0.15) is 24.5 Å². The first-order chi connectivity index (χ1) is 9.60.